The number of unbranched alkanes of at least 4 members (excludes halogenated alkanes) is 42. The van der Waals surface area contributed by atoms with Gasteiger partial charge in [0.15, 0.2) is 0 Å². The van der Waals surface area contributed by atoms with Crippen LogP contribution < -0.4 is 16.0 Å². The fourth-order valence-corrected chi connectivity index (χ4v) is 13.3. The van der Waals surface area contributed by atoms with Crippen LogP contribution in [-0.4, -0.2) is 102 Å². The minimum absolute atomic E-state index is 0.00183. The molecule has 18 nitrogen and oxygen atoms in total. The van der Waals surface area contributed by atoms with Gasteiger partial charge in [-0.15, -0.1) is 0 Å². The molecule has 3 N–H and O–H groups in total. The maximum Gasteiger partial charge on any atom is 1.20 e. The molecule has 20 heteroatoms. The summed E-state index contributed by atoms with van der Waals surface area (Å²) in [6.07, 6.45) is 50.7. The standard InChI is InChI=1S/3C22H41NO5.2Al/c3*1-2-3-4-5-6-7-8-9-10-11-12-13-14-15-16-17-20(24)23-19(22(27)28)18-21(25)26;;/h3*19H,2-18H2,1H3,(H,23,24)(H,25,26)(H,27,28);;/q;;;2*+3/p-6/t3*19-;;/m100../s1. The zero-order valence-corrected chi connectivity index (χ0v) is 56.4. The molecule has 2 saturated heterocycles. The van der Waals surface area contributed by atoms with Crippen molar-refractivity contribution < 1.29 is 65.9 Å². The molecule has 492 valence electrons. The molecule has 2 aliphatic heterocycles. The number of rotatable bonds is 56. The number of hydrogen-bond acceptors (Lipinski definition) is 15. The van der Waals surface area contributed by atoms with Crippen LogP contribution in [0.25, 0.3) is 0 Å². The Kier molecular flexibility index (Phi) is 49.4. The van der Waals surface area contributed by atoms with Crippen LogP contribution in [-0.2, 0) is 65.9 Å². The summed E-state index contributed by atoms with van der Waals surface area (Å²) >= 11 is -7.85. The van der Waals surface area contributed by atoms with Gasteiger partial charge in [-0.05, 0) is 19.3 Å². The third-order valence-electron chi connectivity index (χ3n) is 16.3. The molecule has 86 heavy (non-hydrogen) atoms. The van der Waals surface area contributed by atoms with Crippen LogP contribution in [0.1, 0.15) is 348 Å². The van der Waals surface area contributed by atoms with E-state index in [-0.39, 0.29) is 19.3 Å². The van der Waals surface area contributed by atoms with Crippen LogP contribution in [0.15, 0.2) is 0 Å². The summed E-state index contributed by atoms with van der Waals surface area (Å²) < 4.78 is 31.7. The lowest BCUT2D eigenvalue weighted by molar-refractivity contribution is -0.152. The maximum atomic E-state index is 13.8. The van der Waals surface area contributed by atoms with E-state index in [1.165, 1.54) is 193 Å². The second kappa shape index (κ2) is 54.2. The number of carbonyl (C=O) groups excluding carboxylic acids is 9. The summed E-state index contributed by atoms with van der Waals surface area (Å²) in [6, 6.07) is -4.52. The van der Waals surface area contributed by atoms with Crippen LogP contribution in [0.5, 0.6) is 0 Å². The zero-order chi connectivity index (χ0) is 62.5. The van der Waals surface area contributed by atoms with Gasteiger partial charge in [-0.3, -0.25) is 43.2 Å². The number of hydrogen-bond donors (Lipinski definition) is 3. The maximum absolute atomic E-state index is 13.8. The molecule has 2 heterocycles. The third kappa shape index (κ3) is 43.9. The predicted octanol–water partition coefficient (Wildman–Crippen LogP) is 14.7. The van der Waals surface area contributed by atoms with Crippen molar-refractivity contribution in [3.63, 3.8) is 0 Å². The minimum atomic E-state index is -3.96. The van der Waals surface area contributed by atoms with Crippen molar-refractivity contribution in [3.8, 4) is 0 Å². The second-order valence-corrected chi connectivity index (χ2v) is 27.0. The lowest BCUT2D eigenvalue weighted by Crippen LogP contribution is -2.47. The van der Waals surface area contributed by atoms with Crippen molar-refractivity contribution in [3.05, 3.63) is 0 Å². The summed E-state index contributed by atoms with van der Waals surface area (Å²) in [5.74, 6) is -7.96. The van der Waals surface area contributed by atoms with Gasteiger partial charge in [-0.25, -0.2) is 0 Å². The Balaban J connectivity index is 1.87. The van der Waals surface area contributed by atoms with E-state index in [1.807, 2.05) is 0 Å². The fourth-order valence-electron chi connectivity index (χ4n) is 11.0. The molecule has 3 amide bonds. The van der Waals surface area contributed by atoms with Crippen LogP contribution >= 0.6 is 0 Å². The van der Waals surface area contributed by atoms with Gasteiger partial charge in [-0.1, -0.05) is 290 Å². The first kappa shape index (κ1) is 78.4. The Bertz CT molecular complexity index is 1860. The highest BCUT2D eigenvalue weighted by Crippen LogP contribution is 2.19. The van der Waals surface area contributed by atoms with Gasteiger partial charge in [0.25, 0.3) is 35.8 Å². The lowest BCUT2D eigenvalue weighted by Gasteiger charge is -2.20. The molecule has 2 aliphatic rings. The summed E-state index contributed by atoms with van der Waals surface area (Å²) in [4.78, 5) is 118. The van der Waals surface area contributed by atoms with Crippen LogP contribution in [0, 0.1) is 0 Å². The normalized spacial score (nSPS) is 15.6. The Morgan fingerprint density at radius 2 is 0.628 bits per heavy atom. The summed E-state index contributed by atoms with van der Waals surface area (Å²) in [6.45, 7) is 6.70. The predicted molar refractivity (Wildman–Crippen MR) is 336 cm³/mol. The van der Waals surface area contributed by atoms with Gasteiger partial charge < -0.3 is 38.7 Å². The highest BCUT2D eigenvalue weighted by Gasteiger charge is 2.55. The third-order valence-corrected chi connectivity index (χ3v) is 19.0. The smallest absolute Gasteiger partial charge is 0.551 e. The SMILES string of the molecule is CCCCCCCCCCCCCCCCCC(=O)N[C@H]1CC(=O)[O][Al]([O]C(=O)C[C@H](NC(=O)CCCCCCCCCCCCCCCCC)C(=O)[O][Al]2[O]C(=O)C[C@@H](NC(=O)CCCCCCCCCCCCCCCCC)C(=O)[O]2)[O]C1=O. The number of nitrogens with one attached hydrogen (secondary N) is 3. The van der Waals surface area contributed by atoms with Crippen molar-refractivity contribution in [1.29, 1.82) is 0 Å². The molecular formula is C66H117Al2N3O15. The highest BCUT2D eigenvalue weighted by molar-refractivity contribution is 6.45. The Labute approximate surface area is 529 Å². The van der Waals surface area contributed by atoms with Crippen LogP contribution in [0.2, 0.25) is 0 Å². The molecule has 0 radical (unpaired) electrons. The van der Waals surface area contributed by atoms with Crippen LogP contribution in [0.4, 0.5) is 0 Å². The molecule has 0 saturated carbocycles. The first-order valence-corrected chi connectivity index (χ1v) is 37.8. The molecule has 0 aromatic heterocycles. The number of amides is 3. The Morgan fingerprint density at radius 3 is 0.919 bits per heavy atom. The summed E-state index contributed by atoms with van der Waals surface area (Å²) in [7, 11) is 0. The Morgan fingerprint density at radius 1 is 0.372 bits per heavy atom. The molecule has 0 aliphatic carbocycles. The first-order chi connectivity index (χ1) is 41.8. The lowest BCUT2D eigenvalue weighted by atomic mass is 10.0. The summed E-state index contributed by atoms with van der Waals surface area (Å²) in [5.41, 5.74) is 0. The van der Waals surface area contributed by atoms with E-state index in [1.54, 1.807) is 0 Å². The topological polar surface area (TPSA) is 245 Å². The van der Waals surface area contributed by atoms with Gasteiger partial charge in [0.2, 0.25) is 17.7 Å². The molecule has 2 fully saturated rings. The van der Waals surface area contributed by atoms with Crippen molar-refractivity contribution in [2.45, 2.75) is 366 Å². The van der Waals surface area contributed by atoms with E-state index in [0.717, 1.165) is 77.0 Å². The first-order valence-electron chi connectivity index (χ1n) is 34.9. The Hall–Kier alpha value is -3.71. The second-order valence-electron chi connectivity index (χ2n) is 24.4. The highest BCUT2D eigenvalue weighted by atomic mass is 27.3. The van der Waals surface area contributed by atoms with Gasteiger partial charge >= 0.3 is 30.3 Å². The van der Waals surface area contributed by atoms with E-state index in [4.69, 9.17) is 22.7 Å². The largest absolute Gasteiger partial charge is 1.20 e. The number of carbonyl (C=O) groups is 9. The van der Waals surface area contributed by atoms with Crippen molar-refractivity contribution in [2.24, 2.45) is 0 Å². The quantitative estimate of drug-likeness (QED) is 0.0379. The monoisotopic (exact) mass is 1250 g/mol. The molecule has 0 unspecified atom stereocenters. The summed E-state index contributed by atoms with van der Waals surface area (Å²) in [5, 5.41) is 7.56. The van der Waals surface area contributed by atoms with Gasteiger partial charge in [0, 0.05) is 19.3 Å². The van der Waals surface area contributed by atoms with E-state index in [0.29, 0.717) is 19.3 Å². The van der Waals surface area contributed by atoms with E-state index < -0.39 is 121 Å². The molecule has 0 aromatic rings. The van der Waals surface area contributed by atoms with Crippen molar-refractivity contribution in [1.82, 2.24) is 16.0 Å². The van der Waals surface area contributed by atoms with Gasteiger partial charge in [0.1, 0.15) is 18.1 Å². The average molecular weight is 1250 g/mol. The van der Waals surface area contributed by atoms with E-state index in [2.05, 4.69) is 36.7 Å². The van der Waals surface area contributed by atoms with Crippen molar-refractivity contribution in [2.75, 3.05) is 0 Å². The van der Waals surface area contributed by atoms with E-state index >= 15 is 0 Å². The van der Waals surface area contributed by atoms with Gasteiger partial charge in [-0.2, -0.15) is 0 Å². The van der Waals surface area contributed by atoms with E-state index in [9.17, 15) is 43.2 Å². The van der Waals surface area contributed by atoms with Gasteiger partial charge in [0.05, 0.1) is 19.3 Å². The molecule has 3 atom stereocenters. The zero-order valence-electron chi connectivity index (χ0n) is 54.1. The van der Waals surface area contributed by atoms with Crippen molar-refractivity contribution >= 4 is 83.8 Å². The molecule has 2 rings (SSSR count). The van der Waals surface area contributed by atoms with Crippen LogP contribution in [0.3, 0.4) is 0 Å². The molecule has 0 spiro atoms. The fraction of sp³-hybridized carbons (Fsp3) is 0.864. The molecule has 0 aromatic carbocycles. The molecule has 0 bridgehead atoms. The minimum Gasteiger partial charge on any atom is -0.551 e. The molecular weight excluding hydrogens is 1130 g/mol. The average Bonchev–Trinajstić information content (AvgIpc) is 3.74.